The van der Waals surface area contributed by atoms with Gasteiger partial charge in [0, 0.05) is 11.3 Å². The van der Waals surface area contributed by atoms with Crippen molar-refractivity contribution in [2.45, 2.75) is 39.2 Å². The van der Waals surface area contributed by atoms with Crippen molar-refractivity contribution in [1.82, 2.24) is 0 Å². The Balaban J connectivity index is 1.70. The van der Waals surface area contributed by atoms with Gasteiger partial charge >= 0.3 is 5.97 Å². The van der Waals surface area contributed by atoms with Gasteiger partial charge < -0.3 is 10.1 Å². The Morgan fingerprint density at radius 2 is 1.59 bits per heavy atom. The first-order valence-electron chi connectivity index (χ1n) is 12.1. The Bertz CT molecular complexity index is 1400. The normalized spacial score (nSPS) is 15.7. The molecule has 4 rings (SSSR count). The van der Waals surface area contributed by atoms with Gasteiger partial charge in [-0.15, -0.1) is 0 Å². The monoisotopic (exact) mass is 495 g/mol. The van der Waals surface area contributed by atoms with E-state index in [1.165, 1.54) is 6.08 Å². The molecule has 1 heterocycles. The summed E-state index contributed by atoms with van der Waals surface area (Å²) < 4.78 is 5.50. The van der Waals surface area contributed by atoms with Crippen molar-refractivity contribution in [3.05, 3.63) is 107 Å². The van der Waals surface area contributed by atoms with Crippen molar-refractivity contribution in [3.63, 3.8) is 0 Å². The number of amides is 1. The lowest BCUT2D eigenvalue weighted by molar-refractivity contribution is -0.143. The van der Waals surface area contributed by atoms with E-state index in [0.29, 0.717) is 11.3 Å². The summed E-state index contributed by atoms with van der Waals surface area (Å²) in [7, 11) is 0. The fraction of sp³-hybridized carbons (Fsp3) is 0.226. The summed E-state index contributed by atoms with van der Waals surface area (Å²) in [5, 5.41) is 2.75. The maximum atomic E-state index is 13.6. The predicted molar refractivity (Wildman–Crippen MR) is 142 cm³/mol. The highest BCUT2D eigenvalue weighted by molar-refractivity contribution is 6.45. The Hall–Kier alpha value is -4.32. The summed E-state index contributed by atoms with van der Waals surface area (Å²) in [6, 6.07) is 21.3. The zero-order valence-electron chi connectivity index (χ0n) is 21.3. The highest BCUT2D eigenvalue weighted by Crippen LogP contribution is 2.38. The van der Waals surface area contributed by atoms with Crippen LogP contribution in [0.3, 0.4) is 0 Å². The van der Waals surface area contributed by atoms with Crippen LogP contribution in [0.1, 0.15) is 59.5 Å². The van der Waals surface area contributed by atoms with Crippen LogP contribution in [0.25, 0.3) is 6.08 Å². The van der Waals surface area contributed by atoms with E-state index in [1.54, 1.807) is 30.3 Å². The Labute approximate surface area is 216 Å². The first-order chi connectivity index (χ1) is 17.6. The van der Waals surface area contributed by atoms with Crippen molar-refractivity contribution in [2.75, 3.05) is 5.32 Å². The molecule has 0 unspecified atom stereocenters. The van der Waals surface area contributed by atoms with Crippen LogP contribution in [0.15, 0.2) is 78.9 Å². The molecule has 1 aliphatic rings. The van der Waals surface area contributed by atoms with E-state index in [-0.39, 0.29) is 11.0 Å². The van der Waals surface area contributed by atoms with E-state index in [4.69, 9.17) is 4.74 Å². The molecule has 0 spiro atoms. The molecule has 37 heavy (non-hydrogen) atoms. The van der Waals surface area contributed by atoms with Gasteiger partial charge in [0.1, 0.15) is 12.0 Å². The van der Waals surface area contributed by atoms with Gasteiger partial charge in [-0.3, -0.25) is 14.4 Å². The molecular formula is C31H29NO5. The number of para-hydroxylation sites is 1. The average molecular weight is 496 g/mol. The highest BCUT2D eigenvalue weighted by atomic mass is 16.5. The van der Waals surface area contributed by atoms with E-state index < -0.39 is 35.5 Å². The molecule has 1 N–H and O–H groups in total. The minimum absolute atomic E-state index is 0.277. The quantitative estimate of drug-likeness (QED) is 0.199. The molecule has 3 aromatic rings. The number of rotatable bonds is 7. The number of fused-ring (bicyclic) bond motifs is 1. The summed E-state index contributed by atoms with van der Waals surface area (Å²) in [4.78, 5) is 52.9. The predicted octanol–water partition coefficient (Wildman–Crippen LogP) is 5.61. The van der Waals surface area contributed by atoms with Gasteiger partial charge in [0.15, 0.2) is 5.78 Å². The topological polar surface area (TPSA) is 89.5 Å². The Kier molecular flexibility index (Phi) is 7.21. The third kappa shape index (κ3) is 5.43. The second-order valence-corrected chi connectivity index (χ2v) is 10.1. The van der Waals surface area contributed by atoms with Crippen LogP contribution in [-0.2, 0) is 24.5 Å². The molecule has 0 radical (unpaired) electrons. The first kappa shape index (κ1) is 25.8. The molecule has 0 saturated carbocycles. The van der Waals surface area contributed by atoms with E-state index in [1.807, 2.05) is 76.2 Å². The zero-order chi connectivity index (χ0) is 26.7. The number of Topliss-reactive ketones (excluding diaryl/α,β-unsaturated/α-hetero) is 1. The van der Waals surface area contributed by atoms with Crippen LogP contribution in [0, 0.1) is 12.8 Å². The van der Waals surface area contributed by atoms with Crippen LogP contribution >= 0.6 is 0 Å². The molecule has 1 amide bonds. The molecule has 2 atom stereocenters. The number of hydrogen-bond donors (Lipinski definition) is 1. The first-order valence-corrected chi connectivity index (χ1v) is 12.1. The molecule has 188 valence electrons. The molecule has 1 aliphatic heterocycles. The number of aryl methyl sites for hydroxylation is 1. The summed E-state index contributed by atoms with van der Waals surface area (Å²) in [5.41, 5.74) is 3.32. The van der Waals surface area contributed by atoms with Gasteiger partial charge in [-0.2, -0.15) is 0 Å². The van der Waals surface area contributed by atoms with Crippen molar-refractivity contribution < 1.29 is 23.9 Å². The maximum Gasteiger partial charge on any atom is 0.339 e. The number of carbonyl (C=O) groups is 4. The van der Waals surface area contributed by atoms with Gasteiger partial charge in [0.2, 0.25) is 5.78 Å². The number of hydrogen-bond acceptors (Lipinski definition) is 5. The number of allylic oxidation sites excluding steroid dienone is 1. The van der Waals surface area contributed by atoms with E-state index in [9.17, 15) is 19.2 Å². The number of cyclic esters (lactones) is 1. The maximum absolute atomic E-state index is 13.6. The smallest absolute Gasteiger partial charge is 0.339 e. The fourth-order valence-electron chi connectivity index (χ4n) is 4.46. The van der Waals surface area contributed by atoms with E-state index >= 15 is 0 Å². The zero-order valence-corrected chi connectivity index (χ0v) is 21.3. The average Bonchev–Trinajstić information content (AvgIpc) is 3.20. The largest absolute Gasteiger partial charge is 0.453 e. The summed E-state index contributed by atoms with van der Waals surface area (Å²) >= 11 is 0. The number of benzene rings is 3. The van der Waals surface area contributed by atoms with Crippen LogP contribution < -0.4 is 5.32 Å². The number of carbonyl (C=O) groups excluding carboxylic acids is 4. The van der Waals surface area contributed by atoms with Gasteiger partial charge in [-0.25, -0.2) is 4.79 Å². The molecule has 6 heteroatoms. The van der Waals surface area contributed by atoms with Crippen LogP contribution in [0.5, 0.6) is 0 Å². The SMILES string of the molecule is Cc1cccc(C(C)(C)C)c1NC(=O)C(=O)[C@@H](C(=O)/C=C\c1ccccc1)[C@H]1OC(=O)c2ccccc21. The van der Waals surface area contributed by atoms with Gasteiger partial charge in [0.05, 0.1) is 5.56 Å². The molecular weight excluding hydrogens is 466 g/mol. The molecule has 0 bridgehead atoms. The van der Waals surface area contributed by atoms with Crippen molar-refractivity contribution in [2.24, 2.45) is 5.92 Å². The number of ether oxygens (including phenoxy) is 1. The number of nitrogens with one attached hydrogen (secondary N) is 1. The van der Waals surface area contributed by atoms with E-state index in [2.05, 4.69) is 5.32 Å². The highest BCUT2D eigenvalue weighted by Gasteiger charge is 2.45. The second kappa shape index (κ2) is 10.3. The molecule has 0 saturated heterocycles. The standard InChI is InChI=1S/C31H29NO5/c1-19-11-10-16-23(31(2,3)4)26(19)32-29(35)27(34)25(24(33)18-17-20-12-6-5-7-13-20)28-21-14-8-9-15-22(21)30(36)37-28/h5-18,25,28H,1-4H3,(H,32,35)/b18-17-/t25-,28+/m1/s1. The summed E-state index contributed by atoms with van der Waals surface area (Å²) in [5.74, 6) is -4.70. The van der Waals surface area contributed by atoms with Gasteiger partial charge in [-0.1, -0.05) is 93.6 Å². The van der Waals surface area contributed by atoms with Crippen molar-refractivity contribution >= 4 is 35.2 Å². The summed E-state index contributed by atoms with van der Waals surface area (Å²) in [6.07, 6.45) is 1.63. The number of ketones is 2. The van der Waals surface area contributed by atoms with Gasteiger partial charge in [-0.05, 0) is 41.2 Å². The lowest BCUT2D eigenvalue weighted by Crippen LogP contribution is -2.38. The molecule has 0 aliphatic carbocycles. The molecule has 0 fully saturated rings. The summed E-state index contributed by atoms with van der Waals surface area (Å²) in [6.45, 7) is 7.87. The molecule has 3 aromatic carbocycles. The van der Waals surface area contributed by atoms with Crippen LogP contribution in [0.4, 0.5) is 5.69 Å². The van der Waals surface area contributed by atoms with Gasteiger partial charge in [0.25, 0.3) is 5.91 Å². The third-order valence-electron chi connectivity index (χ3n) is 6.40. The second-order valence-electron chi connectivity index (χ2n) is 10.1. The number of esters is 1. The minimum Gasteiger partial charge on any atom is -0.453 e. The lowest BCUT2D eigenvalue weighted by Gasteiger charge is -2.25. The molecule has 0 aromatic heterocycles. The van der Waals surface area contributed by atoms with E-state index in [0.717, 1.165) is 16.7 Å². The van der Waals surface area contributed by atoms with Crippen LogP contribution in [-0.4, -0.2) is 23.4 Å². The van der Waals surface area contributed by atoms with Crippen molar-refractivity contribution in [3.8, 4) is 0 Å². The third-order valence-corrected chi connectivity index (χ3v) is 6.40. The lowest BCUT2D eigenvalue weighted by atomic mass is 9.84. The minimum atomic E-state index is -1.53. The number of anilines is 1. The fourth-order valence-corrected chi connectivity index (χ4v) is 4.46. The van der Waals surface area contributed by atoms with Crippen LogP contribution in [0.2, 0.25) is 0 Å². The molecule has 6 nitrogen and oxygen atoms in total. The van der Waals surface area contributed by atoms with Crippen molar-refractivity contribution in [1.29, 1.82) is 0 Å². The Morgan fingerprint density at radius 1 is 0.919 bits per heavy atom. The Morgan fingerprint density at radius 3 is 2.30 bits per heavy atom.